The van der Waals surface area contributed by atoms with Crippen LogP contribution in [0.1, 0.15) is 33.6 Å². The van der Waals surface area contributed by atoms with E-state index >= 15 is 0 Å². The van der Waals surface area contributed by atoms with Crippen molar-refractivity contribution in [3.63, 3.8) is 0 Å². The van der Waals surface area contributed by atoms with Gasteiger partial charge in [-0.1, -0.05) is 23.7 Å². The fraction of sp³-hybridized carbons (Fsp3) is 0.368. The van der Waals surface area contributed by atoms with E-state index in [4.69, 9.17) is 11.6 Å². The molecule has 0 radical (unpaired) electrons. The highest BCUT2D eigenvalue weighted by Gasteiger charge is 2.44. The minimum atomic E-state index is -0.167. The molecule has 2 amide bonds. The van der Waals surface area contributed by atoms with Gasteiger partial charge < -0.3 is 4.90 Å². The van der Waals surface area contributed by atoms with Gasteiger partial charge in [-0.15, -0.1) is 12.4 Å². The van der Waals surface area contributed by atoms with Crippen molar-refractivity contribution in [2.75, 3.05) is 19.6 Å². The van der Waals surface area contributed by atoms with Gasteiger partial charge in [0.15, 0.2) is 0 Å². The van der Waals surface area contributed by atoms with Crippen molar-refractivity contribution in [1.29, 1.82) is 0 Å². The summed E-state index contributed by atoms with van der Waals surface area (Å²) in [5, 5.41) is 2.06. The van der Waals surface area contributed by atoms with Crippen LogP contribution >= 0.6 is 24.0 Å². The van der Waals surface area contributed by atoms with Gasteiger partial charge in [-0.05, 0) is 50.0 Å². The van der Waals surface area contributed by atoms with E-state index < -0.39 is 0 Å². The molecule has 6 heteroatoms. The first kappa shape index (κ1) is 16.8. The first-order chi connectivity index (χ1) is 11.6. The van der Waals surface area contributed by atoms with E-state index in [1.54, 1.807) is 12.1 Å². The lowest BCUT2D eigenvalue weighted by Gasteiger charge is -2.49. The van der Waals surface area contributed by atoms with Crippen LogP contribution in [0.2, 0.25) is 5.02 Å². The topological polar surface area (TPSA) is 40.6 Å². The molecule has 0 N–H and O–H groups in total. The number of hydrogen-bond acceptors (Lipinski definition) is 3. The highest BCUT2D eigenvalue weighted by atomic mass is 35.5. The third-order valence-corrected chi connectivity index (χ3v) is 6.17. The molecular formula is C19H18Cl2N2O2. The Labute approximate surface area is 157 Å². The zero-order valence-corrected chi connectivity index (χ0v) is 15.1. The maximum atomic E-state index is 13.1. The molecule has 1 unspecified atom stereocenters. The molecule has 3 saturated heterocycles. The Bertz CT molecular complexity index is 868. The molecule has 4 heterocycles. The van der Waals surface area contributed by atoms with Crippen molar-refractivity contribution >= 4 is 46.6 Å². The second kappa shape index (κ2) is 5.97. The van der Waals surface area contributed by atoms with Crippen LogP contribution in [-0.4, -0.2) is 47.3 Å². The molecule has 2 bridgehead atoms. The number of halogens is 2. The van der Waals surface area contributed by atoms with Crippen molar-refractivity contribution in [3.05, 3.63) is 46.5 Å². The van der Waals surface area contributed by atoms with Gasteiger partial charge in [0.1, 0.15) is 0 Å². The summed E-state index contributed by atoms with van der Waals surface area (Å²) in [4.78, 5) is 30.2. The summed E-state index contributed by atoms with van der Waals surface area (Å²) >= 11 is 6.27. The van der Waals surface area contributed by atoms with E-state index in [9.17, 15) is 9.59 Å². The first-order valence-electron chi connectivity index (χ1n) is 8.46. The van der Waals surface area contributed by atoms with Crippen LogP contribution in [0.25, 0.3) is 10.8 Å². The average molecular weight is 377 g/mol. The zero-order valence-electron chi connectivity index (χ0n) is 13.6. The molecule has 0 spiro atoms. The third kappa shape index (κ3) is 2.31. The number of piperidine rings is 3. The van der Waals surface area contributed by atoms with E-state index in [0.717, 1.165) is 37.9 Å². The first-order valence-corrected chi connectivity index (χ1v) is 8.84. The van der Waals surface area contributed by atoms with Gasteiger partial charge in [-0.3, -0.25) is 14.5 Å². The quantitative estimate of drug-likeness (QED) is 0.713. The number of rotatable bonds is 1. The average Bonchev–Trinajstić information content (AvgIpc) is 2.62. The van der Waals surface area contributed by atoms with Gasteiger partial charge in [0.25, 0.3) is 11.8 Å². The SMILES string of the molecule is Cl.O=C1c2cccc3c(Cl)ccc(c23)C(=O)N1C1CN2CCC1CC2. The zero-order chi connectivity index (χ0) is 16.4. The lowest BCUT2D eigenvalue weighted by molar-refractivity contribution is 0.00882. The molecule has 0 aliphatic carbocycles. The number of benzene rings is 2. The van der Waals surface area contributed by atoms with Gasteiger partial charge in [0.2, 0.25) is 0 Å². The molecular weight excluding hydrogens is 359 g/mol. The molecule has 0 aromatic heterocycles. The Morgan fingerprint density at radius 3 is 2.28 bits per heavy atom. The third-order valence-electron chi connectivity index (χ3n) is 5.84. The molecule has 130 valence electrons. The predicted molar refractivity (Wildman–Crippen MR) is 99.7 cm³/mol. The number of hydrogen-bond donors (Lipinski definition) is 0. The molecule has 2 aromatic carbocycles. The summed E-state index contributed by atoms with van der Waals surface area (Å²) in [5.74, 6) is 0.0918. The van der Waals surface area contributed by atoms with E-state index in [1.807, 2.05) is 18.2 Å². The van der Waals surface area contributed by atoms with Crippen LogP contribution in [0, 0.1) is 5.92 Å². The summed E-state index contributed by atoms with van der Waals surface area (Å²) in [6.45, 7) is 2.97. The highest BCUT2D eigenvalue weighted by molar-refractivity contribution is 6.38. The standard InChI is InChI=1S/C19H17ClN2O2.ClH/c20-15-5-4-14-17-12(15)2-1-3-13(17)18(23)22(19(14)24)16-10-21-8-6-11(16)7-9-21;/h1-5,11,16H,6-10H2;1H. The Hall–Kier alpha value is -1.62. The maximum Gasteiger partial charge on any atom is 0.261 e. The van der Waals surface area contributed by atoms with Crippen LogP contribution in [0.4, 0.5) is 0 Å². The van der Waals surface area contributed by atoms with Crippen molar-refractivity contribution < 1.29 is 9.59 Å². The smallest absolute Gasteiger partial charge is 0.261 e. The lowest BCUT2D eigenvalue weighted by atomic mass is 9.81. The lowest BCUT2D eigenvalue weighted by Crippen LogP contribution is -2.60. The molecule has 4 aliphatic rings. The summed E-state index contributed by atoms with van der Waals surface area (Å²) < 4.78 is 0. The predicted octanol–water partition coefficient (Wildman–Crippen LogP) is 3.61. The van der Waals surface area contributed by atoms with Gasteiger partial charge in [0.05, 0.1) is 6.04 Å². The number of carbonyl (C=O) groups excluding carboxylic acids is 2. The fourth-order valence-electron chi connectivity index (χ4n) is 4.61. The Kier molecular flexibility index (Phi) is 4.02. The van der Waals surface area contributed by atoms with Crippen molar-refractivity contribution in [2.45, 2.75) is 18.9 Å². The summed E-state index contributed by atoms with van der Waals surface area (Å²) in [6, 6.07) is 9.03. The molecule has 4 aliphatic heterocycles. The van der Waals surface area contributed by atoms with E-state index in [1.165, 1.54) is 4.90 Å². The van der Waals surface area contributed by atoms with Crippen LogP contribution in [0.3, 0.4) is 0 Å². The normalized spacial score (nSPS) is 27.6. The molecule has 25 heavy (non-hydrogen) atoms. The van der Waals surface area contributed by atoms with Crippen molar-refractivity contribution in [1.82, 2.24) is 9.80 Å². The molecule has 3 fully saturated rings. The number of fused-ring (bicyclic) bond motifs is 3. The monoisotopic (exact) mass is 376 g/mol. The molecule has 1 atom stereocenters. The highest BCUT2D eigenvalue weighted by Crippen LogP contribution is 2.38. The Morgan fingerprint density at radius 1 is 0.960 bits per heavy atom. The second-order valence-electron chi connectivity index (χ2n) is 7.01. The Balaban J connectivity index is 0.00000157. The number of imide groups is 1. The largest absolute Gasteiger partial charge is 0.301 e. The van der Waals surface area contributed by atoms with E-state index in [0.29, 0.717) is 27.5 Å². The van der Waals surface area contributed by atoms with Crippen LogP contribution in [0.15, 0.2) is 30.3 Å². The maximum absolute atomic E-state index is 13.1. The minimum Gasteiger partial charge on any atom is -0.301 e. The second-order valence-corrected chi connectivity index (χ2v) is 7.42. The van der Waals surface area contributed by atoms with Crippen molar-refractivity contribution in [3.8, 4) is 0 Å². The van der Waals surface area contributed by atoms with Gasteiger partial charge in [-0.25, -0.2) is 0 Å². The van der Waals surface area contributed by atoms with Gasteiger partial charge in [-0.2, -0.15) is 0 Å². The minimum absolute atomic E-state index is 0. The number of amides is 2. The molecule has 2 aromatic rings. The Morgan fingerprint density at radius 2 is 1.64 bits per heavy atom. The van der Waals surface area contributed by atoms with Crippen LogP contribution in [-0.2, 0) is 0 Å². The molecule has 6 rings (SSSR count). The number of carbonyl (C=O) groups is 2. The summed E-state index contributed by atoms with van der Waals surface area (Å²) in [5.41, 5.74) is 1.20. The van der Waals surface area contributed by atoms with E-state index in [-0.39, 0.29) is 30.3 Å². The molecule has 0 saturated carbocycles. The van der Waals surface area contributed by atoms with Crippen molar-refractivity contribution in [2.24, 2.45) is 5.92 Å². The van der Waals surface area contributed by atoms with E-state index in [2.05, 4.69) is 4.90 Å². The molecule has 4 nitrogen and oxygen atoms in total. The number of nitrogens with zero attached hydrogens (tertiary/aromatic N) is 2. The summed E-state index contributed by atoms with van der Waals surface area (Å²) in [6.07, 6.45) is 2.14. The van der Waals surface area contributed by atoms with Crippen LogP contribution in [0.5, 0.6) is 0 Å². The van der Waals surface area contributed by atoms with Gasteiger partial charge in [0, 0.05) is 33.5 Å². The van der Waals surface area contributed by atoms with Gasteiger partial charge >= 0.3 is 0 Å². The fourth-order valence-corrected chi connectivity index (χ4v) is 4.83. The summed E-state index contributed by atoms with van der Waals surface area (Å²) in [7, 11) is 0. The van der Waals surface area contributed by atoms with Crippen LogP contribution < -0.4 is 0 Å².